The summed E-state index contributed by atoms with van der Waals surface area (Å²) in [4.78, 5) is 19.4. The van der Waals surface area contributed by atoms with Crippen LogP contribution in [0.3, 0.4) is 0 Å². The van der Waals surface area contributed by atoms with Crippen molar-refractivity contribution in [3.05, 3.63) is 59.7 Å². The average Bonchev–Trinajstić information content (AvgIpc) is 2.93. The van der Waals surface area contributed by atoms with Gasteiger partial charge in [-0.2, -0.15) is 4.98 Å². The van der Waals surface area contributed by atoms with Crippen LogP contribution in [0.25, 0.3) is 11.3 Å². The number of ether oxygens (including phenoxy) is 1. The molecule has 0 N–H and O–H groups in total. The van der Waals surface area contributed by atoms with Crippen molar-refractivity contribution in [3.63, 3.8) is 0 Å². The van der Waals surface area contributed by atoms with Crippen LogP contribution in [0.2, 0.25) is 0 Å². The number of carbonyl (C=O) groups is 1. The summed E-state index contributed by atoms with van der Waals surface area (Å²) in [5, 5.41) is 9.23. The quantitative estimate of drug-likeness (QED) is 0.538. The minimum absolute atomic E-state index is 0.0315. The fourth-order valence-corrected chi connectivity index (χ4v) is 3.98. The number of para-hydroxylation sites is 1. The molecule has 6 nitrogen and oxygen atoms in total. The van der Waals surface area contributed by atoms with Gasteiger partial charge in [-0.3, -0.25) is 9.69 Å². The third-order valence-corrected chi connectivity index (χ3v) is 5.75. The predicted octanol–water partition coefficient (Wildman–Crippen LogP) is 5.05. The Hall–Kier alpha value is -2.93. The van der Waals surface area contributed by atoms with Crippen molar-refractivity contribution in [2.45, 2.75) is 45.0 Å². The Balaban J connectivity index is 1.92. The first-order valence-electron chi connectivity index (χ1n) is 10.2. The maximum atomic E-state index is 13.1. The van der Waals surface area contributed by atoms with E-state index in [2.05, 4.69) is 34.2 Å². The van der Waals surface area contributed by atoms with E-state index in [1.807, 2.05) is 50.2 Å². The highest BCUT2D eigenvalue weighted by Gasteiger charge is 2.35. The van der Waals surface area contributed by atoms with E-state index in [1.54, 1.807) is 4.90 Å². The van der Waals surface area contributed by atoms with Crippen molar-refractivity contribution in [2.24, 2.45) is 0 Å². The van der Waals surface area contributed by atoms with Crippen LogP contribution in [0.1, 0.15) is 44.5 Å². The molecule has 0 saturated heterocycles. The second kappa shape index (κ2) is 8.83. The minimum Gasteiger partial charge on any atom is -0.447 e. The smallest absolute Gasteiger partial charge is 0.247 e. The van der Waals surface area contributed by atoms with Crippen LogP contribution in [-0.2, 0) is 11.2 Å². The molecule has 1 atom stereocenters. The Morgan fingerprint density at radius 1 is 1.07 bits per heavy atom. The molecule has 1 aliphatic rings. The molecule has 2 aromatic carbocycles. The molecular formula is C23H24N4O2S. The monoisotopic (exact) mass is 420 g/mol. The summed E-state index contributed by atoms with van der Waals surface area (Å²) >= 11 is 1.50. The number of benzene rings is 2. The number of amides is 1. The zero-order valence-electron chi connectivity index (χ0n) is 17.3. The Bertz CT molecular complexity index is 1060. The van der Waals surface area contributed by atoms with Gasteiger partial charge >= 0.3 is 0 Å². The van der Waals surface area contributed by atoms with Crippen LogP contribution in [-0.4, -0.2) is 26.8 Å². The summed E-state index contributed by atoms with van der Waals surface area (Å²) < 4.78 is 6.40. The lowest BCUT2D eigenvalue weighted by Crippen LogP contribution is -2.37. The molecule has 3 aromatic rings. The van der Waals surface area contributed by atoms with Gasteiger partial charge in [-0.1, -0.05) is 75.0 Å². The van der Waals surface area contributed by atoms with E-state index in [9.17, 15) is 4.79 Å². The number of nitrogens with zero attached hydrogens (tertiary/aromatic N) is 4. The van der Waals surface area contributed by atoms with Crippen molar-refractivity contribution >= 4 is 23.4 Å². The zero-order chi connectivity index (χ0) is 21.1. The minimum atomic E-state index is -0.637. The van der Waals surface area contributed by atoms with Crippen molar-refractivity contribution in [1.82, 2.24) is 15.2 Å². The van der Waals surface area contributed by atoms with Gasteiger partial charge in [-0.25, -0.2) is 0 Å². The average molecular weight is 421 g/mol. The number of hydrogen-bond donors (Lipinski definition) is 0. The molecule has 154 valence electrons. The predicted molar refractivity (Wildman–Crippen MR) is 119 cm³/mol. The second-order valence-electron chi connectivity index (χ2n) is 6.88. The summed E-state index contributed by atoms with van der Waals surface area (Å²) in [6, 6.07) is 15.9. The van der Waals surface area contributed by atoms with E-state index in [0.29, 0.717) is 23.2 Å². The Morgan fingerprint density at radius 2 is 1.83 bits per heavy atom. The van der Waals surface area contributed by atoms with Crippen molar-refractivity contribution in [1.29, 1.82) is 0 Å². The lowest BCUT2D eigenvalue weighted by Gasteiger charge is -2.30. The Labute approximate surface area is 180 Å². The highest BCUT2D eigenvalue weighted by Crippen LogP contribution is 2.43. The summed E-state index contributed by atoms with van der Waals surface area (Å²) in [7, 11) is 0. The number of hydrogen-bond acceptors (Lipinski definition) is 6. The summed E-state index contributed by atoms with van der Waals surface area (Å²) in [6.45, 7) is 6.01. The lowest BCUT2D eigenvalue weighted by atomic mass is 10.1. The van der Waals surface area contributed by atoms with Crippen LogP contribution in [0, 0.1) is 0 Å². The third-order valence-electron chi connectivity index (χ3n) is 5.03. The molecule has 1 aliphatic heterocycles. The molecule has 1 amide bonds. The molecule has 4 rings (SSSR count). The number of carbonyl (C=O) groups excluding carboxylic acids is 1. The van der Waals surface area contributed by atoms with Gasteiger partial charge in [0.2, 0.25) is 23.2 Å². The summed E-state index contributed by atoms with van der Waals surface area (Å²) in [5.74, 6) is 1.19. The topological polar surface area (TPSA) is 68.2 Å². The molecule has 7 heteroatoms. The van der Waals surface area contributed by atoms with Gasteiger partial charge in [0.15, 0.2) is 5.69 Å². The van der Waals surface area contributed by atoms with E-state index >= 15 is 0 Å². The standard InChI is InChI=1S/C23H24N4O2S/c1-4-15-11-13-16(14-12-15)22-27(19(28)5-2)18-10-8-7-9-17(18)20-21(29-22)24-23(26-25-20)30-6-3/h7-14,22H,4-6H2,1-3H3/t22-/m1/s1. The second-order valence-corrected chi connectivity index (χ2v) is 8.11. The van der Waals surface area contributed by atoms with E-state index in [4.69, 9.17) is 4.74 Å². The van der Waals surface area contributed by atoms with Crippen LogP contribution >= 0.6 is 11.8 Å². The lowest BCUT2D eigenvalue weighted by molar-refractivity contribution is -0.120. The number of aryl methyl sites for hydroxylation is 1. The first kappa shape index (κ1) is 20.3. The van der Waals surface area contributed by atoms with Crippen LogP contribution in [0.5, 0.6) is 5.88 Å². The number of aromatic nitrogens is 3. The van der Waals surface area contributed by atoms with Crippen molar-refractivity contribution < 1.29 is 9.53 Å². The van der Waals surface area contributed by atoms with E-state index in [0.717, 1.165) is 29.0 Å². The zero-order valence-corrected chi connectivity index (χ0v) is 18.1. The molecule has 0 unspecified atom stereocenters. The van der Waals surface area contributed by atoms with Crippen molar-refractivity contribution in [2.75, 3.05) is 10.7 Å². The number of thioether (sulfide) groups is 1. The summed E-state index contributed by atoms with van der Waals surface area (Å²) in [6.07, 6.45) is 0.666. The van der Waals surface area contributed by atoms with Gasteiger partial charge in [0.25, 0.3) is 0 Å². The molecular weight excluding hydrogens is 396 g/mol. The number of fused-ring (bicyclic) bond motifs is 3. The molecule has 0 bridgehead atoms. The van der Waals surface area contributed by atoms with Crippen LogP contribution < -0.4 is 9.64 Å². The number of rotatable bonds is 5. The largest absolute Gasteiger partial charge is 0.447 e. The molecule has 2 heterocycles. The molecule has 0 fully saturated rings. The first-order chi connectivity index (χ1) is 14.7. The van der Waals surface area contributed by atoms with Gasteiger partial charge in [0, 0.05) is 17.5 Å². The summed E-state index contributed by atoms with van der Waals surface area (Å²) in [5.41, 5.74) is 4.20. The molecule has 0 radical (unpaired) electrons. The molecule has 0 aliphatic carbocycles. The maximum Gasteiger partial charge on any atom is 0.247 e. The fraction of sp³-hybridized carbons (Fsp3) is 0.304. The van der Waals surface area contributed by atoms with Gasteiger partial charge in [0.05, 0.1) is 5.69 Å². The highest BCUT2D eigenvalue weighted by molar-refractivity contribution is 7.99. The van der Waals surface area contributed by atoms with E-state index < -0.39 is 6.23 Å². The molecule has 30 heavy (non-hydrogen) atoms. The Kier molecular flexibility index (Phi) is 5.99. The number of anilines is 1. The Morgan fingerprint density at radius 3 is 2.53 bits per heavy atom. The molecule has 0 spiro atoms. The van der Waals surface area contributed by atoms with Crippen LogP contribution in [0.4, 0.5) is 5.69 Å². The van der Waals surface area contributed by atoms with Gasteiger partial charge < -0.3 is 4.74 Å². The van der Waals surface area contributed by atoms with Crippen LogP contribution in [0.15, 0.2) is 53.7 Å². The highest BCUT2D eigenvalue weighted by atomic mass is 32.2. The maximum absolute atomic E-state index is 13.1. The van der Waals surface area contributed by atoms with E-state index in [1.165, 1.54) is 17.3 Å². The SMILES string of the molecule is CCSc1nnc2c(n1)O[C@H](c1ccc(CC)cc1)N(C(=O)CC)c1ccccc1-2. The van der Waals surface area contributed by atoms with Crippen molar-refractivity contribution in [3.8, 4) is 17.1 Å². The van der Waals surface area contributed by atoms with E-state index in [-0.39, 0.29) is 5.91 Å². The molecule has 0 saturated carbocycles. The normalized spacial score (nSPS) is 15.0. The van der Waals surface area contributed by atoms with Gasteiger partial charge in [0.1, 0.15) is 0 Å². The first-order valence-corrected chi connectivity index (χ1v) is 11.2. The van der Waals surface area contributed by atoms with Gasteiger partial charge in [-0.15, -0.1) is 10.2 Å². The van der Waals surface area contributed by atoms with Gasteiger partial charge in [-0.05, 0) is 23.8 Å². The third kappa shape index (κ3) is 3.77. The molecule has 1 aromatic heterocycles. The fourth-order valence-electron chi connectivity index (χ4n) is 3.48.